The summed E-state index contributed by atoms with van der Waals surface area (Å²) in [5.41, 5.74) is -3.04. The van der Waals surface area contributed by atoms with Crippen molar-refractivity contribution in [1.82, 2.24) is 0 Å². The molecule has 0 saturated carbocycles. The van der Waals surface area contributed by atoms with Gasteiger partial charge in [0.05, 0.1) is 67.3 Å². The Balaban J connectivity index is 0.809. The van der Waals surface area contributed by atoms with Gasteiger partial charge in [0.2, 0.25) is 0 Å². The lowest BCUT2D eigenvalue weighted by molar-refractivity contribution is -0.166. The van der Waals surface area contributed by atoms with Crippen LogP contribution in [0.3, 0.4) is 0 Å². The summed E-state index contributed by atoms with van der Waals surface area (Å²) in [5, 5.41) is 0. The minimum Gasteiger partial charge on any atom is -0.268 e. The second-order valence-electron chi connectivity index (χ2n) is 19.7. The van der Waals surface area contributed by atoms with Crippen LogP contribution in [0.1, 0.15) is 122 Å². The molecule has 12 nitrogen and oxygen atoms in total. The van der Waals surface area contributed by atoms with Gasteiger partial charge in [-0.05, 0) is 138 Å². The summed E-state index contributed by atoms with van der Waals surface area (Å²) in [5.74, 6) is 5.59. The molecular formula is C68H35F3N4O8. The minimum absolute atomic E-state index is 0.0154. The molecule has 9 aromatic carbocycles. The summed E-state index contributed by atoms with van der Waals surface area (Å²) in [7, 11) is 0. The minimum atomic E-state index is -5.24. The number of benzene rings is 9. The molecule has 0 fully saturated rings. The molecule has 15 heteroatoms. The van der Waals surface area contributed by atoms with Crippen LogP contribution in [0, 0.1) is 23.7 Å². The third kappa shape index (κ3) is 8.13. The first-order valence-electron chi connectivity index (χ1n) is 25.7. The first kappa shape index (κ1) is 50.9. The summed E-state index contributed by atoms with van der Waals surface area (Å²) in [6.07, 6.45) is -5.24. The van der Waals surface area contributed by atoms with Crippen LogP contribution in [0.15, 0.2) is 212 Å². The number of hydrogen-bond donors (Lipinski definition) is 0. The van der Waals surface area contributed by atoms with Crippen LogP contribution in [-0.2, 0) is 5.41 Å². The Morgan fingerprint density at radius 1 is 0.253 bits per heavy atom. The molecule has 0 saturated heterocycles. The van der Waals surface area contributed by atoms with Gasteiger partial charge in [0.15, 0.2) is 0 Å². The topological polar surface area (TPSA) is 150 Å². The van der Waals surface area contributed by atoms with Crippen molar-refractivity contribution >= 4 is 70.0 Å². The predicted octanol–water partition coefficient (Wildman–Crippen LogP) is 11.6. The van der Waals surface area contributed by atoms with Crippen LogP contribution < -0.4 is 19.6 Å². The third-order valence-electron chi connectivity index (χ3n) is 15.0. The maximum Gasteiger partial charge on any atom is 0.406 e. The Morgan fingerprint density at radius 2 is 0.542 bits per heavy atom. The number of anilines is 4. The summed E-state index contributed by atoms with van der Waals surface area (Å²) in [4.78, 5) is 116. The number of alkyl halides is 3. The Kier molecular flexibility index (Phi) is 11.9. The predicted molar refractivity (Wildman–Crippen MR) is 300 cm³/mol. The highest BCUT2D eigenvalue weighted by molar-refractivity contribution is 6.38. The molecule has 0 radical (unpaired) electrons. The number of fused-ring (bicyclic) bond motifs is 4. The largest absolute Gasteiger partial charge is 0.406 e. The Bertz CT molecular complexity index is 4280. The SMILES string of the molecule is O=C1c2ccc(C#Cc3ccccc3)cc2C(=O)N1c1cccc(N2C(=O)c3ccc(C(c4ccccc4)(c4ccc5c(c4)C(=O)N(c4cccc(N6C(=O)c7ccc(C#Cc8ccccc8)cc7C6=O)c4)C5=O)C(F)(F)F)cc3C2=O)c1. The zero-order valence-electron chi connectivity index (χ0n) is 42.9. The average Bonchev–Trinajstić information content (AvgIpc) is 2.31. The van der Waals surface area contributed by atoms with Gasteiger partial charge in [-0.25, -0.2) is 19.6 Å². The van der Waals surface area contributed by atoms with Gasteiger partial charge in [-0.3, -0.25) is 38.4 Å². The maximum absolute atomic E-state index is 16.7. The van der Waals surface area contributed by atoms with Crippen molar-refractivity contribution in [3.8, 4) is 23.7 Å². The monoisotopic (exact) mass is 1090 g/mol. The van der Waals surface area contributed by atoms with E-state index in [2.05, 4.69) is 23.7 Å². The van der Waals surface area contributed by atoms with Gasteiger partial charge in [0.25, 0.3) is 47.3 Å². The summed E-state index contributed by atoms with van der Waals surface area (Å²) in [6.45, 7) is 0. The van der Waals surface area contributed by atoms with Crippen molar-refractivity contribution in [3.63, 3.8) is 0 Å². The van der Waals surface area contributed by atoms with E-state index < -0.39 is 70.0 Å². The van der Waals surface area contributed by atoms with Crippen LogP contribution in [0.4, 0.5) is 35.9 Å². The molecule has 0 aliphatic carbocycles. The molecule has 83 heavy (non-hydrogen) atoms. The standard InChI is InChI=1S/C68H35F3N4O8/c69-68(70,71)67(44-16-8-3-9-17-44,45-28-32-53-57(36-45)65(82)74(61(53)78)49-20-10-18-47(38-49)72-59(76)51-30-26-42(34-55(51)63(72)80)24-22-40-12-4-1-5-13-40)46-29-33-54-58(37-46)66(83)75(62(54)79)50-21-11-19-48(39-50)73-60(77)52-31-27-43(35-56(52)64(73)81)25-23-41-14-6-2-7-15-41/h1-21,26-39H. The average molecular weight is 1090 g/mol. The van der Waals surface area contributed by atoms with Crippen LogP contribution in [-0.4, -0.2) is 53.4 Å². The fourth-order valence-electron chi connectivity index (χ4n) is 11.1. The molecule has 0 N–H and O–H groups in total. The van der Waals surface area contributed by atoms with E-state index in [4.69, 9.17) is 0 Å². The molecule has 8 amide bonds. The number of carbonyl (C=O) groups excluding carboxylic acids is 8. The molecule has 0 unspecified atom stereocenters. The molecule has 396 valence electrons. The van der Waals surface area contributed by atoms with E-state index >= 15 is 13.2 Å². The molecule has 4 aliphatic rings. The summed E-state index contributed by atoms with van der Waals surface area (Å²) in [6, 6.07) is 51.8. The Morgan fingerprint density at radius 3 is 0.880 bits per heavy atom. The van der Waals surface area contributed by atoms with Crippen molar-refractivity contribution in [2.24, 2.45) is 0 Å². The zero-order valence-corrected chi connectivity index (χ0v) is 42.9. The van der Waals surface area contributed by atoms with Gasteiger partial charge in [-0.15, -0.1) is 0 Å². The molecule has 9 aromatic rings. The highest BCUT2D eigenvalue weighted by Crippen LogP contribution is 2.53. The lowest BCUT2D eigenvalue weighted by Gasteiger charge is -2.38. The second-order valence-corrected chi connectivity index (χ2v) is 19.7. The maximum atomic E-state index is 16.7. The normalized spacial score (nSPS) is 14.3. The number of rotatable bonds is 7. The number of nitrogens with zero attached hydrogens (tertiary/aromatic N) is 4. The molecular weight excluding hydrogens is 1060 g/mol. The fourth-order valence-corrected chi connectivity index (χ4v) is 11.1. The highest BCUT2D eigenvalue weighted by atomic mass is 19.4. The summed E-state index contributed by atoms with van der Waals surface area (Å²) < 4.78 is 50.0. The first-order valence-corrected chi connectivity index (χ1v) is 25.7. The lowest BCUT2D eigenvalue weighted by Crippen LogP contribution is -2.44. The van der Waals surface area contributed by atoms with Crippen molar-refractivity contribution in [2.75, 3.05) is 19.6 Å². The molecule has 0 atom stereocenters. The van der Waals surface area contributed by atoms with Crippen LogP contribution in [0.25, 0.3) is 0 Å². The molecule has 4 aliphatic heterocycles. The highest BCUT2D eigenvalue weighted by Gasteiger charge is 2.59. The second kappa shape index (κ2) is 19.4. The van der Waals surface area contributed by atoms with E-state index in [0.29, 0.717) is 11.1 Å². The Hall–Kier alpha value is -11.6. The van der Waals surface area contributed by atoms with Crippen molar-refractivity contribution in [3.05, 3.63) is 296 Å². The van der Waals surface area contributed by atoms with Gasteiger partial charge < -0.3 is 0 Å². The van der Waals surface area contributed by atoms with Gasteiger partial charge in [0.1, 0.15) is 5.41 Å². The van der Waals surface area contributed by atoms with Crippen LogP contribution in [0.2, 0.25) is 0 Å². The lowest BCUT2D eigenvalue weighted by atomic mass is 9.68. The molecule has 13 rings (SSSR count). The zero-order chi connectivity index (χ0) is 57.5. The van der Waals surface area contributed by atoms with Crippen LogP contribution in [0.5, 0.6) is 0 Å². The smallest absolute Gasteiger partial charge is 0.268 e. The summed E-state index contributed by atoms with van der Waals surface area (Å²) >= 11 is 0. The van der Waals surface area contributed by atoms with Gasteiger partial charge in [-0.1, -0.05) is 115 Å². The first-order chi connectivity index (χ1) is 40.1. The molecule has 4 heterocycles. The van der Waals surface area contributed by atoms with E-state index in [0.717, 1.165) is 67.1 Å². The van der Waals surface area contributed by atoms with E-state index in [9.17, 15) is 38.4 Å². The van der Waals surface area contributed by atoms with E-state index in [1.54, 1.807) is 12.1 Å². The van der Waals surface area contributed by atoms with Gasteiger partial charge in [0, 0.05) is 22.3 Å². The molecule has 0 spiro atoms. The van der Waals surface area contributed by atoms with Crippen molar-refractivity contribution < 1.29 is 51.5 Å². The quantitative estimate of drug-likeness (QED) is 0.0870. The van der Waals surface area contributed by atoms with Gasteiger partial charge >= 0.3 is 6.18 Å². The fraction of sp³-hybridized carbons (Fsp3) is 0.0294. The van der Waals surface area contributed by atoms with Crippen LogP contribution >= 0.6 is 0 Å². The number of carbonyl (C=O) groups is 8. The molecule has 0 aromatic heterocycles. The van der Waals surface area contributed by atoms with E-state index in [1.807, 2.05) is 60.7 Å². The number of amides is 8. The van der Waals surface area contributed by atoms with Crippen molar-refractivity contribution in [2.45, 2.75) is 11.6 Å². The molecule has 0 bridgehead atoms. The number of hydrogen-bond acceptors (Lipinski definition) is 8. The van der Waals surface area contributed by atoms with E-state index in [1.165, 1.54) is 103 Å². The third-order valence-corrected chi connectivity index (χ3v) is 15.0. The number of imide groups is 4. The number of halogens is 3. The van der Waals surface area contributed by atoms with Gasteiger partial charge in [-0.2, -0.15) is 13.2 Å². The Labute approximate surface area is 470 Å². The van der Waals surface area contributed by atoms with Crippen molar-refractivity contribution in [1.29, 1.82) is 0 Å². The van der Waals surface area contributed by atoms with E-state index in [-0.39, 0.29) is 72.8 Å².